The van der Waals surface area contributed by atoms with Crippen molar-refractivity contribution < 1.29 is 29.7 Å². The topological polar surface area (TPSA) is 0 Å². The van der Waals surface area contributed by atoms with E-state index in [1.54, 1.807) is 0 Å². The first kappa shape index (κ1) is 26.7. The van der Waals surface area contributed by atoms with Crippen molar-refractivity contribution in [2.45, 2.75) is 52.9 Å². The average molecular weight is 397 g/mol. The van der Waals surface area contributed by atoms with E-state index in [1.165, 1.54) is 45.2 Å². The Morgan fingerprint density at radius 3 is 1.64 bits per heavy atom. The molecule has 0 amide bonds. The zero-order chi connectivity index (χ0) is 20.3. The zero-order valence-corrected chi connectivity index (χ0v) is 16.6. The van der Waals surface area contributed by atoms with Crippen molar-refractivity contribution in [1.29, 1.82) is 0 Å². The Labute approximate surface area is 148 Å². The molecule has 8 heteroatoms. The maximum atomic E-state index is 9.87. The quantitative estimate of drug-likeness (QED) is 0.102. The molecule has 0 aliphatic rings. The van der Waals surface area contributed by atoms with E-state index < -0.39 is 7.81 Å². The minimum absolute atomic E-state index is 0.808. The normalized spacial score (nSPS) is 16.0. The molecule has 0 aliphatic heterocycles. The molecule has 0 saturated carbocycles. The fourth-order valence-corrected chi connectivity index (χ4v) is 3.01. The number of hydrogen-bond donors (Lipinski definition) is 0. The Kier molecular flexibility index (Phi) is 10.6. The van der Waals surface area contributed by atoms with Crippen LogP contribution in [-0.4, -0.2) is 30.7 Å². The van der Waals surface area contributed by atoms with Gasteiger partial charge in [0.05, 0.1) is 26.2 Å². The minimum atomic E-state index is -10.7. The molecule has 1 unspecified atom stereocenters. The second kappa shape index (κ2) is 9.96. The van der Waals surface area contributed by atoms with Gasteiger partial charge in [-0.25, -0.2) is 0 Å². The SMILES string of the molecule is C=CC[N+](CC=C)(CCC)CC(C)CCCCC.F[P-](F)(F)(F)(F)F. The van der Waals surface area contributed by atoms with Crippen molar-refractivity contribution in [3.63, 3.8) is 0 Å². The summed E-state index contributed by atoms with van der Waals surface area (Å²) in [6.45, 7) is 19.5. The fraction of sp³-hybridized carbons (Fsp3) is 0.765. The van der Waals surface area contributed by atoms with E-state index in [1.807, 2.05) is 0 Å². The van der Waals surface area contributed by atoms with Gasteiger partial charge in [0.1, 0.15) is 0 Å². The molecule has 1 nitrogen and oxygen atoms in total. The number of rotatable bonds is 12. The summed E-state index contributed by atoms with van der Waals surface area (Å²) in [5.41, 5.74) is 0. The van der Waals surface area contributed by atoms with Gasteiger partial charge in [0.25, 0.3) is 0 Å². The summed E-state index contributed by atoms with van der Waals surface area (Å²) in [6.07, 6.45) is 10.8. The molecule has 0 rings (SSSR count). The van der Waals surface area contributed by atoms with Crippen LogP contribution >= 0.6 is 7.81 Å². The number of hydrogen-bond acceptors (Lipinski definition) is 0. The van der Waals surface area contributed by atoms with Crippen LogP contribution in [0.25, 0.3) is 0 Å². The van der Waals surface area contributed by atoms with Crippen molar-refractivity contribution in [1.82, 2.24) is 0 Å². The van der Waals surface area contributed by atoms with Gasteiger partial charge in [-0.15, -0.1) is 0 Å². The molecule has 25 heavy (non-hydrogen) atoms. The summed E-state index contributed by atoms with van der Waals surface area (Å²) in [5.74, 6) is 0.808. The number of halogens is 6. The average Bonchev–Trinajstić information content (AvgIpc) is 2.36. The summed E-state index contributed by atoms with van der Waals surface area (Å²) >= 11 is 0. The molecule has 0 fully saturated rings. The third-order valence-corrected chi connectivity index (χ3v) is 3.73. The molecule has 0 radical (unpaired) electrons. The molecule has 0 N–H and O–H groups in total. The Hall–Kier alpha value is -0.550. The Balaban J connectivity index is 0. The van der Waals surface area contributed by atoms with E-state index in [-0.39, 0.29) is 0 Å². The standard InChI is InChI=1S/C17H34N.F6P/c1-6-10-11-12-17(5)16-18(13-7-2,14-8-3)15-9-4;1-7(2,3,4,5)6/h7-8,17H,2-3,6,9-16H2,1,4-5H3;/q+1;-1. The van der Waals surface area contributed by atoms with Crippen LogP contribution in [0.1, 0.15) is 52.9 Å². The molecule has 0 aromatic heterocycles. The first-order valence-electron chi connectivity index (χ1n) is 8.72. The van der Waals surface area contributed by atoms with Crippen molar-refractivity contribution in [2.75, 3.05) is 26.2 Å². The van der Waals surface area contributed by atoms with Crippen molar-refractivity contribution in [3.05, 3.63) is 25.3 Å². The first-order chi connectivity index (χ1) is 11.1. The Morgan fingerprint density at radius 2 is 1.32 bits per heavy atom. The molecule has 0 aliphatic carbocycles. The van der Waals surface area contributed by atoms with Crippen molar-refractivity contribution in [3.8, 4) is 0 Å². The van der Waals surface area contributed by atoms with Crippen LogP contribution in [0.2, 0.25) is 0 Å². The third kappa shape index (κ3) is 23.4. The monoisotopic (exact) mass is 397 g/mol. The van der Waals surface area contributed by atoms with Crippen LogP contribution in [-0.2, 0) is 0 Å². The van der Waals surface area contributed by atoms with Gasteiger partial charge in [-0.05, 0) is 25.0 Å². The summed E-state index contributed by atoms with van der Waals surface area (Å²) < 4.78 is 60.3. The van der Waals surface area contributed by atoms with Crippen molar-refractivity contribution >= 4 is 7.81 Å². The summed E-state index contributed by atoms with van der Waals surface area (Å²) in [4.78, 5) is 0. The van der Waals surface area contributed by atoms with E-state index >= 15 is 0 Å². The van der Waals surface area contributed by atoms with E-state index in [4.69, 9.17) is 0 Å². The summed E-state index contributed by atoms with van der Waals surface area (Å²) in [6, 6.07) is 0. The Bertz CT molecular complexity index is 369. The van der Waals surface area contributed by atoms with E-state index in [9.17, 15) is 25.2 Å². The van der Waals surface area contributed by atoms with Gasteiger partial charge in [-0.1, -0.05) is 53.2 Å². The second-order valence-electron chi connectivity index (χ2n) is 6.75. The molecular weight excluding hydrogens is 363 g/mol. The number of nitrogens with zero attached hydrogens (tertiary/aromatic N) is 1. The van der Waals surface area contributed by atoms with Gasteiger partial charge in [-0.2, -0.15) is 0 Å². The molecule has 0 aromatic rings. The van der Waals surface area contributed by atoms with Crippen molar-refractivity contribution in [2.24, 2.45) is 5.92 Å². The third-order valence-electron chi connectivity index (χ3n) is 3.73. The van der Waals surface area contributed by atoms with Crippen LogP contribution in [0.3, 0.4) is 0 Å². The molecule has 0 bridgehead atoms. The van der Waals surface area contributed by atoms with Gasteiger partial charge in [0, 0.05) is 5.92 Å². The molecule has 0 heterocycles. The summed E-state index contributed by atoms with van der Waals surface area (Å²) in [5, 5.41) is 0. The molecule has 154 valence electrons. The van der Waals surface area contributed by atoms with Crippen LogP contribution in [0, 0.1) is 5.92 Å². The number of unbranched alkanes of at least 4 members (excludes halogenated alkanes) is 2. The van der Waals surface area contributed by atoms with Gasteiger partial charge in [0.15, 0.2) is 0 Å². The predicted molar refractivity (Wildman–Crippen MR) is 97.3 cm³/mol. The molecule has 0 spiro atoms. The van der Waals surface area contributed by atoms with E-state index in [0.717, 1.165) is 23.5 Å². The van der Waals surface area contributed by atoms with Crippen LogP contribution in [0.4, 0.5) is 25.2 Å². The van der Waals surface area contributed by atoms with Gasteiger partial charge >= 0.3 is 33.0 Å². The molecule has 0 aromatic carbocycles. The predicted octanol–water partition coefficient (Wildman–Crippen LogP) is 8.18. The molecule has 0 saturated heterocycles. The molecule has 1 atom stereocenters. The van der Waals surface area contributed by atoms with Crippen LogP contribution in [0.15, 0.2) is 25.3 Å². The maximum absolute atomic E-state index is 10.7. The van der Waals surface area contributed by atoms with E-state index in [0.29, 0.717) is 0 Å². The summed E-state index contributed by atoms with van der Waals surface area (Å²) in [7, 11) is -10.7. The Morgan fingerprint density at radius 1 is 0.880 bits per heavy atom. The van der Waals surface area contributed by atoms with Gasteiger partial charge in [-0.3, -0.25) is 0 Å². The zero-order valence-electron chi connectivity index (χ0n) is 15.7. The van der Waals surface area contributed by atoms with Crippen LogP contribution in [0.5, 0.6) is 0 Å². The van der Waals surface area contributed by atoms with Gasteiger partial charge in [0.2, 0.25) is 0 Å². The van der Waals surface area contributed by atoms with Crippen LogP contribution < -0.4 is 0 Å². The number of quaternary nitrogens is 1. The fourth-order valence-electron chi connectivity index (χ4n) is 3.01. The van der Waals surface area contributed by atoms with E-state index in [2.05, 4.69) is 46.1 Å². The second-order valence-corrected chi connectivity index (χ2v) is 8.67. The first-order valence-corrected chi connectivity index (χ1v) is 10.7. The van der Waals surface area contributed by atoms with Gasteiger partial charge < -0.3 is 4.48 Å². The molecular formula is C17H34F6NP.